The first-order valence-corrected chi connectivity index (χ1v) is 8.46. The van der Waals surface area contributed by atoms with Crippen LogP contribution < -0.4 is 11.1 Å². The van der Waals surface area contributed by atoms with Crippen LogP contribution in [0.2, 0.25) is 0 Å². The van der Waals surface area contributed by atoms with Gasteiger partial charge in [-0.25, -0.2) is 0 Å². The highest BCUT2D eigenvalue weighted by molar-refractivity contribution is 5.94. The Labute approximate surface area is 132 Å². The minimum Gasteiger partial charge on any atom is -0.506 e. The second-order valence-corrected chi connectivity index (χ2v) is 6.89. The van der Waals surface area contributed by atoms with Crippen molar-refractivity contribution in [3.63, 3.8) is 0 Å². The Bertz CT molecular complexity index is 544. The quantitative estimate of drug-likeness (QED) is 0.751. The topological polar surface area (TPSA) is 75.3 Å². The van der Waals surface area contributed by atoms with E-state index in [0.717, 1.165) is 37.7 Å². The number of nitrogens with one attached hydrogen (secondary N) is 1. The lowest BCUT2D eigenvalue weighted by atomic mass is 9.65. The molecule has 0 aromatic heterocycles. The third-order valence-electron chi connectivity index (χ3n) is 5.51. The van der Waals surface area contributed by atoms with Crippen molar-refractivity contribution < 1.29 is 9.90 Å². The zero-order valence-corrected chi connectivity index (χ0v) is 13.2. The van der Waals surface area contributed by atoms with E-state index in [1.54, 1.807) is 6.07 Å². The number of anilines is 1. The molecule has 2 aliphatic carbocycles. The van der Waals surface area contributed by atoms with Crippen molar-refractivity contribution in [3.05, 3.63) is 23.8 Å². The summed E-state index contributed by atoms with van der Waals surface area (Å²) in [4.78, 5) is 12.6. The largest absolute Gasteiger partial charge is 0.506 e. The molecule has 2 bridgehead atoms. The van der Waals surface area contributed by atoms with Crippen LogP contribution in [-0.2, 0) is 11.2 Å². The van der Waals surface area contributed by atoms with Gasteiger partial charge in [0, 0.05) is 12.0 Å². The molecule has 1 amide bonds. The van der Waals surface area contributed by atoms with Gasteiger partial charge in [0.1, 0.15) is 5.75 Å². The monoisotopic (exact) mass is 302 g/mol. The number of carbonyl (C=O) groups excluding carboxylic acids is 1. The fourth-order valence-corrected chi connectivity index (χ4v) is 4.14. The van der Waals surface area contributed by atoms with Gasteiger partial charge >= 0.3 is 0 Å². The molecule has 3 rings (SSSR count). The molecule has 1 aromatic rings. The number of phenolic OH excluding ortho intramolecular Hbond substituents is 1. The Kier molecular flexibility index (Phi) is 4.39. The second-order valence-electron chi connectivity index (χ2n) is 6.89. The van der Waals surface area contributed by atoms with Crippen molar-refractivity contribution in [3.8, 4) is 5.75 Å². The Hall–Kier alpha value is -1.55. The number of nitrogens with two attached hydrogens (primary N) is 1. The summed E-state index contributed by atoms with van der Waals surface area (Å²) >= 11 is 0. The normalized spacial score (nSPS) is 30.8. The third-order valence-corrected chi connectivity index (χ3v) is 5.51. The van der Waals surface area contributed by atoms with Crippen LogP contribution in [0.25, 0.3) is 0 Å². The van der Waals surface area contributed by atoms with E-state index in [1.807, 2.05) is 12.1 Å². The molecule has 2 unspecified atom stereocenters. The molecule has 2 fully saturated rings. The van der Waals surface area contributed by atoms with Crippen LogP contribution in [0, 0.1) is 17.8 Å². The summed E-state index contributed by atoms with van der Waals surface area (Å²) in [5.74, 6) is 1.17. The van der Waals surface area contributed by atoms with Crippen LogP contribution in [0.3, 0.4) is 0 Å². The molecule has 120 valence electrons. The molecule has 4 heteroatoms. The van der Waals surface area contributed by atoms with Gasteiger partial charge in [0.25, 0.3) is 0 Å². The number of fused-ring (bicyclic) bond motifs is 2. The standard InChI is InChI=1S/C18H26N2O2/c1-2-11-6-7-16(21)15(8-11)20-18(22)14-9-12-4-3-5-13(10-14)17(12)19/h6-8,12-14,17,21H,2-5,9-10,19H2,1H3,(H,20,22). The third kappa shape index (κ3) is 2.98. The van der Waals surface area contributed by atoms with E-state index in [4.69, 9.17) is 5.73 Å². The molecule has 2 aliphatic rings. The number of hydrogen-bond acceptors (Lipinski definition) is 3. The Morgan fingerprint density at radius 3 is 2.64 bits per heavy atom. The van der Waals surface area contributed by atoms with E-state index in [1.165, 1.54) is 6.42 Å². The van der Waals surface area contributed by atoms with Gasteiger partial charge in [0.05, 0.1) is 5.69 Å². The highest BCUT2D eigenvalue weighted by Gasteiger charge is 2.40. The van der Waals surface area contributed by atoms with Crippen molar-refractivity contribution in [2.24, 2.45) is 23.5 Å². The highest BCUT2D eigenvalue weighted by atomic mass is 16.3. The average Bonchev–Trinajstić information content (AvgIpc) is 2.49. The van der Waals surface area contributed by atoms with Crippen LogP contribution in [0.5, 0.6) is 5.75 Å². The van der Waals surface area contributed by atoms with E-state index < -0.39 is 0 Å². The maximum Gasteiger partial charge on any atom is 0.227 e. The summed E-state index contributed by atoms with van der Waals surface area (Å²) in [6.07, 6.45) is 6.20. The second kappa shape index (κ2) is 6.29. The fourth-order valence-electron chi connectivity index (χ4n) is 4.14. The number of hydrogen-bond donors (Lipinski definition) is 3. The lowest BCUT2D eigenvalue weighted by Gasteiger charge is -2.43. The molecule has 0 radical (unpaired) electrons. The maximum atomic E-state index is 12.6. The summed E-state index contributed by atoms with van der Waals surface area (Å²) in [5, 5.41) is 12.9. The molecule has 2 saturated carbocycles. The van der Waals surface area contributed by atoms with E-state index in [2.05, 4.69) is 12.2 Å². The minimum absolute atomic E-state index is 0.0276. The summed E-state index contributed by atoms with van der Waals surface area (Å²) in [7, 11) is 0. The zero-order valence-electron chi connectivity index (χ0n) is 13.2. The van der Waals surface area contributed by atoms with E-state index in [9.17, 15) is 9.90 Å². The van der Waals surface area contributed by atoms with Gasteiger partial charge in [-0.1, -0.05) is 19.4 Å². The van der Waals surface area contributed by atoms with Gasteiger partial charge in [-0.2, -0.15) is 0 Å². The molecule has 4 N–H and O–H groups in total. The van der Waals surface area contributed by atoms with Gasteiger partial charge in [-0.05, 0) is 61.6 Å². The molecule has 0 saturated heterocycles. The maximum absolute atomic E-state index is 12.6. The molecule has 4 nitrogen and oxygen atoms in total. The summed E-state index contributed by atoms with van der Waals surface area (Å²) in [6.45, 7) is 2.06. The highest BCUT2D eigenvalue weighted by Crippen LogP contribution is 2.42. The number of carbonyl (C=O) groups is 1. The predicted molar refractivity (Wildman–Crippen MR) is 87.6 cm³/mol. The van der Waals surface area contributed by atoms with Crippen molar-refractivity contribution >= 4 is 11.6 Å². The summed E-state index contributed by atoms with van der Waals surface area (Å²) in [6, 6.07) is 5.67. The molecule has 0 spiro atoms. The first kappa shape index (κ1) is 15.3. The lowest BCUT2D eigenvalue weighted by molar-refractivity contribution is -0.122. The Morgan fingerprint density at radius 1 is 1.32 bits per heavy atom. The van der Waals surface area contributed by atoms with Crippen molar-refractivity contribution in [2.75, 3.05) is 5.32 Å². The molecular formula is C18H26N2O2. The SMILES string of the molecule is CCc1ccc(O)c(NC(=O)C2CC3CCCC(C2)C3N)c1. The van der Waals surface area contributed by atoms with Crippen molar-refractivity contribution in [2.45, 2.75) is 51.5 Å². The number of aromatic hydroxyl groups is 1. The van der Waals surface area contributed by atoms with Crippen molar-refractivity contribution in [1.82, 2.24) is 0 Å². The molecule has 22 heavy (non-hydrogen) atoms. The molecule has 0 aliphatic heterocycles. The van der Waals surface area contributed by atoms with Crippen molar-refractivity contribution in [1.29, 1.82) is 0 Å². The van der Waals surface area contributed by atoms with Crippen LogP contribution in [-0.4, -0.2) is 17.1 Å². The number of amides is 1. The lowest BCUT2D eigenvalue weighted by Crippen LogP contribution is -2.48. The van der Waals surface area contributed by atoms with Gasteiger partial charge in [-0.3, -0.25) is 4.79 Å². The number of rotatable bonds is 3. The van der Waals surface area contributed by atoms with Gasteiger partial charge < -0.3 is 16.2 Å². The molecule has 0 heterocycles. The van der Waals surface area contributed by atoms with Gasteiger partial charge in [0.15, 0.2) is 0 Å². The number of benzene rings is 1. The Balaban J connectivity index is 1.70. The minimum atomic E-state index is 0.0276. The summed E-state index contributed by atoms with van der Waals surface area (Å²) < 4.78 is 0. The molecular weight excluding hydrogens is 276 g/mol. The number of aryl methyl sites for hydroxylation is 1. The van der Waals surface area contributed by atoms with Crippen LogP contribution in [0.1, 0.15) is 44.6 Å². The average molecular weight is 302 g/mol. The van der Waals surface area contributed by atoms with E-state index >= 15 is 0 Å². The first-order valence-electron chi connectivity index (χ1n) is 8.46. The van der Waals surface area contributed by atoms with Gasteiger partial charge in [0.2, 0.25) is 5.91 Å². The smallest absolute Gasteiger partial charge is 0.227 e. The molecule has 1 aromatic carbocycles. The molecule has 2 atom stereocenters. The van der Waals surface area contributed by atoms with Crippen LogP contribution >= 0.6 is 0 Å². The first-order chi connectivity index (χ1) is 10.6. The van der Waals surface area contributed by atoms with Gasteiger partial charge in [-0.15, -0.1) is 0 Å². The zero-order chi connectivity index (χ0) is 15.7. The van der Waals surface area contributed by atoms with Crippen LogP contribution in [0.15, 0.2) is 18.2 Å². The predicted octanol–water partition coefficient (Wildman–Crippen LogP) is 3.05. The fraction of sp³-hybridized carbons (Fsp3) is 0.611. The van der Waals surface area contributed by atoms with Crippen LogP contribution in [0.4, 0.5) is 5.69 Å². The Morgan fingerprint density at radius 2 is 2.00 bits per heavy atom. The van der Waals surface area contributed by atoms with E-state index in [-0.39, 0.29) is 23.6 Å². The van der Waals surface area contributed by atoms with E-state index in [0.29, 0.717) is 17.5 Å². The summed E-state index contributed by atoms with van der Waals surface area (Å²) in [5.41, 5.74) is 7.93. The number of phenols is 1.